The van der Waals surface area contributed by atoms with Gasteiger partial charge in [0.05, 0.1) is 49.7 Å². The number of hydrogen-bond donors (Lipinski definition) is 13. The fourth-order valence-electron chi connectivity index (χ4n) is 8.67. The Morgan fingerprint density at radius 1 is 0.566 bits per heavy atom. The van der Waals surface area contributed by atoms with Gasteiger partial charge in [0.25, 0.3) is 0 Å². The van der Waals surface area contributed by atoms with Gasteiger partial charge >= 0.3 is 0 Å². The van der Waals surface area contributed by atoms with E-state index in [2.05, 4.69) is 0 Å². The van der Waals surface area contributed by atoms with Crippen LogP contribution in [0.5, 0.6) is 0 Å². The molecule has 4 aliphatic heterocycles. The van der Waals surface area contributed by atoms with E-state index in [1.165, 1.54) is 6.92 Å². The minimum Gasteiger partial charge on any atom is -0.427 e. The molecule has 14 N–H and O–H groups in total. The minimum atomic E-state index is -1.80. The van der Waals surface area contributed by atoms with Gasteiger partial charge in [0.1, 0.15) is 73.2 Å². The molecule has 6 aliphatic rings. The van der Waals surface area contributed by atoms with E-state index in [-0.39, 0.29) is 38.0 Å². The van der Waals surface area contributed by atoms with Crippen molar-refractivity contribution in [3.63, 3.8) is 0 Å². The summed E-state index contributed by atoms with van der Waals surface area (Å²) in [4.78, 5) is 0. The molecule has 308 valence electrons. The first-order valence-electron chi connectivity index (χ1n) is 18.5. The number of hydrogen-bond acceptors (Lipinski definition) is 19. The molecule has 0 spiro atoms. The van der Waals surface area contributed by atoms with Crippen LogP contribution >= 0.6 is 0 Å². The third-order valence-corrected chi connectivity index (χ3v) is 11.9. The maximum Gasteiger partial charge on any atom is 0.187 e. The van der Waals surface area contributed by atoms with Crippen molar-refractivity contribution in [3.8, 4) is 0 Å². The van der Waals surface area contributed by atoms with E-state index >= 15 is 0 Å². The normalized spacial score (nSPS) is 55.4. The van der Waals surface area contributed by atoms with Gasteiger partial charge in [-0.25, -0.2) is 0 Å². The third-order valence-electron chi connectivity index (χ3n) is 11.9. The van der Waals surface area contributed by atoms with E-state index in [0.717, 1.165) is 0 Å². The van der Waals surface area contributed by atoms with Crippen molar-refractivity contribution in [2.75, 3.05) is 13.2 Å². The van der Waals surface area contributed by atoms with E-state index in [1.54, 1.807) is 0 Å². The Hall–Kier alpha value is -0.800. The van der Waals surface area contributed by atoms with Gasteiger partial charge in [-0.15, -0.1) is 0 Å². The average molecular weight is 774 g/mol. The Morgan fingerprint density at radius 3 is 1.79 bits per heavy atom. The second-order valence-electron chi connectivity index (χ2n) is 15.5. The molecule has 6 rings (SSSR count). The van der Waals surface area contributed by atoms with Crippen LogP contribution < -0.4 is 0 Å². The Kier molecular flexibility index (Phi) is 13.7. The fraction of sp³-hybridized carbons (Fsp3) is 1.00. The van der Waals surface area contributed by atoms with E-state index in [4.69, 9.17) is 33.2 Å². The Morgan fingerprint density at radius 2 is 1.15 bits per heavy atom. The smallest absolute Gasteiger partial charge is 0.187 e. The van der Waals surface area contributed by atoms with Gasteiger partial charge in [-0.3, -0.25) is 0 Å². The monoisotopic (exact) mass is 773 g/mol. The summed E-state index contributed by atoms with van der Waals surface area (Å²) < 4.78 is 40.1. The Labute approximate surface area is 305 Å². The fourth-order valence-corrected chi connectivity index (χ4v) is 8.67. The van der Waals surface area contributed by atoms with Crippen LogP contribution in [0.3, 0.4) is 0 Å². The predicted molar refractivity (Wildman–Crippen MR) is 171 cm³/mol. The lowest BCUT2D eigenvalue weighted by Gasteiger charge is -2.50. The van der Waals surface area contributed by atoms with Crippen LogP contribution in [0, 0.1) is 11.8 Å². The average Bonchev–Trinajstić information content (AvgIpc) is 3.13. The van der Waals surface area contributed by atoms with Crippen LogP contribution in [-0.4, -0.2) is 219 Å². The summed E-state index contributed by atoms with van der Waals surface area (Å²) in [5, 5.41) is 136. The highest BCUT2D eigenvalue weighted by atomic mass is 16.7. The lowest BCUT2D eigenvalue weighted by Crippen LogP contribution is -2.64. The van der Waals surface area contributed by atoms with Crippen molar-refractivity contribution in [1.29, 1.82) is 0 Å². The zero-order chi connectivity index (χ0) is 38.5. The van der Waals surface area contributed by atoms with Crippen LogP contribution in [-0.2, 0) is 28.4 Å². The van der Waals surface area contributed by atoms with Gasteiger partial charge in [0, 0.05) is 18.8 Å². The molecule has 6 fully saturated rings. The highest BCUT2D eigenvalue weighted by Crippen LogP contribution is 2.44. The molecular formula is C33H57O20+. The van der Waals surface area contributed by atoms with Gasteiger partial charge < -0.3 is 99.5 Å². The number of aliphatic hydroxyl groups is 15. The number of aliphatic hydroxyl groups excluding tert-OH is 13. The molecule has 0 bridgehead atoms. The van der Waals surface area contributed by atoms with Crippen molar-refractivity contribution < 1.29 is 99.5 Å². The first-order chi connectivity index (χ1) is 25.1. The van der Waals surface area contributed by atoms with Gasteiger partial charge in [-0.2, -0.15) is 0 Å². The molecule has 0 aromatic rings. The second-order valence-corrected chi connectivity index (χ2v) is 15.5. The third kappa shape index (κ3) is 8.72. The highest BCUT2D eigenvalue weighted by Gasteiger charge is 2.57. The van der Waals surface area contributed by atoms with Crippen molar-refractivity contribution >= 4 is 0 Å². The SMILES string of the molecule is C[C@@H]1O[C@@H](OC[C@H]2O[C@@H](OC3CC4C(O[C@@H]5O[C@H](CO)[C@@H](O)[C@H](O)[C@H]5O)CC(O)CC4[OH+]C3C3CCC(O)C(O)C3)[C@H](O)[C@@H](O)[C@@H]2O)[C@H](O)[C@H](O)[C@H]1O. The molecule has 9 unspecified atom stereocenters. The molecule has 2 saturated carbocycles. The molecule has 4 heterocycles. The highest BCUT2D eigenvalue weighted by molar-refractivity contribution is 5.00. The molecule has 4 saturated heterocycles. The maximum atomic E-state index is 11.0. The van der Waals surface area contributed by atoms with Crippen molar-refractivity contribution in [3.05, 3.63) is 0 Å². The van der Waals surface area contributed by atoms with Crippen LogP contribution in [0.2, 0.25) is 0 Å². The molecule has 20 nitrogen and oxygen atoms in total. The summed E-state index contributed by atoms with van der Waals surface area (Å²) in [6.45, 7) is 0.277. The lowest BCUT2D eigenvalue weighted by molar-refractivity contribution is -0.370. The van der Waals surface area contributed by atoms with Crippen LogP contribution in [0.4, 0.5) is 0 Å². The van der Waals surface area contributed by atoms with Gasteiger partial charge in [-0.05, 0) is 32.6 Å². The summed E-state index contributed by atoms with van der Waals surface area (Å²) in [6, 6.07) is 0. The minimum absolute atomic E-state index is 0.0593. The zero-order valence-corrected chi connectivity index (χ0v) is 29.2. The van der Waals surface area contributed by atoms with Crippen LogP contribution in [0.1, 0.15) is 45.4 Å². The molecule has 0 aromatic carbocycles. The van der Waals surface area contributed by atoms with Crippen LogP contribution in [0.25, 0.3) is 0 Å². The Bertz CT molecular complexity index is 1170. The van der Waals surface area contributed by atoms with Crippen molar-refractivity contribution in [1.82, 2.24) is 0 Å². The number of fused-ring (bicyclic) bond motifs is 1. The van der Waals surface area contributed by atoms with Crippen molar-refractivity contribution in [2.24, 2.45) is 11.8 Å². The molecule has 2 aliphatic carbocycles. The van der Waals surface area contributed by atoms with Gasteiger partial charge in [-0.1, -0.05) is 0 Å². The Balaban J connectivity index is 1.20. The second kappa shape index (κ2) is 17.4. The summed E-state index contributed by atoms with van der Waals surface area (Å²) in [5.41, 5.74) is 0. The quantitative estimate of drug-likeness (QED) is 0.0968. The van der Waals surface area contributed by atoms with E-state index in [9.17, 15) is 66.4 Å². The summed E-state index contributed by atoms with van der Waals surface area (Å²) >= 11 is 0. The molecule has 0 amide bonds. The number of rotatable bonds is 9. The molecule has 20 heteroatoms. The summed E-state index contributed by atoms with van der Waals surface area (Å²) in [6.07, 6.45) is -27.4. The summed E-state index contributed by atoms with van der Waals surface area (Å²) in [5.74, 6) is -0.845. The van der Waals surface area contributed by atoms with Crippen LogP contribution in [0.15, 0.2) is 0 Å². The first kappa shape index (κ1) is 41.8. The first-order valence-corrected chi connectivity index (χ1v) is 18.5. The van der Waals surface area contributed by atoms with E-state index < -0.39 is 154 Å². The zero-order valence-electron chi connectivity index (χ0n) is 29.2. The van der Waals surface area contributed by atoms with Gasteiger partial charge in [0.15, 0.2) is 31.1 Å². The van der Waals surface area contributed by atoms with E-state index in [1.807, 2.05) is 0 Å². The lowest BCUT2D eigenvalue weighted by atomic mass is 9.72. The molecule has 24 atom stereocenters. The predicted octanol–water partition coefficient (Wildman–Crippen LogP) is -6.83. The largest absolute Gasteiger partial charge is 0.427 e. The molecule has 0 radical (unpaired) electrons. The maximum absolute atomic E-state index is 11.0. The van der Waals surface area contributed by atoms with E-state index in [0.29, 0.717) is 6.42 Å². The molecular weight excluding hydrogens is 716 g/mol. The summed E-state index contributed by atoms with van der Waals surface area (Å²) in [7, 11) is 0. The topological polar surface area (TPSA) is 331 Å². The molecule has 53 heavy (non-hydrogen) atoms. The van der Waals surface area contributed by atoms with Crippen molar-refractivity contribution in [2.45, 2.75) is 180 Å². The standard InChI is InChI=1S/C33H56O20/c1-10-21(38)24(41)27(44)31(48-10)47-9-20-23(40)26(43)29(46)33(53-20)51-18-7-13-16(49-30(18)11-2-3-14(36)15(37)4-11)5-12(35)6-17(13)50-32-28(45)25(42)22(39)19(8-34)52-32/h10-46H,2-9H2,1H3/p+1/t10-,11?,12?,13?,14?,15?,16?,17?,18?,19+,20+,21-,22+,23+,24+,25-,26-,27+,28+,29+,30?,31+,32+,33+/m0/s1. The number of ether oxygens (including phenoxy) is 7. The van der Waals surface area contributed by atoms with Gasteiger partial charge in [0.2, 0.25) is 0 Å². The molecule has 0 aromatic heterocycles.